The van der Waals surface area contributed by atoms with Gasteiger partial charge in [-0.25, -0.2) is 8.42 Å². The number of rotatable bonds is 2. The third-order valence-electron chi connectivity index (χ3n) is 4.82. The average Bonchev–Trinajstić information content (AvgIpc) is 2.53. The minimum absolute atomic E-state index is 0.147. The van der Waals surface area contributed by atoms with Crippen molar-refractivity contribution in [3.63, 3.8) is 0 Å². The van der Waals surface area contributed by atoms with E-state index in [1.807, 2.05) is 11.0 Å². The van der Waals surface area contributed by atoms with Crippen molar-refractivity contribution >= 4 is 21.4 Å². The summed E-state index contributed by atoms with van der Waals surface area (Å²) in [5.74, 6) is 0.377. The molecule has 0 radical (unpaired) electrons. The van der Waals surface area contributed by atoms with Gasteiger partial charge in [0.1, 0.15) is 0 Å². The van der Waals surface area contributed by atoms with Gasteiger partial charge in [-0.1, -0.05) is 19.3 Å². The molecule has 3 rings (SSSR count). The number of hydrogen-bond acceptors (Lipinski definition) is 3. The standard InChI is InChI=1S/C17H23NO3S/c1-22(20,21)15-9-10-16-14(12-15)8-5-11-18(16)17(19)13-6-3-2-4-7-13/h9-10,12-13H,2-8,11H2,1H3. The number of sulfone groups is 1. The van der Waals surface area contributed by atoms with E-state index in [0.717, 1.165) is 56.3 Å². The topological polar surface area (TPSA) is 54.5 Å². The van der Waals surface area contributed by atoms with Crippen molar-refractivity contribution in [1.29, 1.82) is 0 Å². The van der Waals surface area contributed by atoms with Gasteiger partial charge in [-0.15, -0.1) is 0 Å². The molecule has 2 aliphatic rings. The van der Waals surface area contributed by atoms with Crippen LogP contribution >= 0.6 is 0 Å². The monoisotopic (exact) mass is 321 g/mol. The molecule has 0 bridgehead atoms. The number of amides is 1. The summed E-state index contributed by atoms with van der Waals surface area (Å²) in [4.78, 5) is 15.0. The number of fused-ring (bicyclic) bond motifs is 1. The molecule has 4 nitrogen and oxygen atoms in total. The number of hydrogen-bond donors (Lipinski definition) is 0. The first-order valence-electron chi connectivity index (χ1n) is 8.11. The second kappa shape index (κ2) is 6.03. The molecule has 0 atom stereocenters. The lowest BCUT2D eigenvalue weighted by atomic mass is 9.87. The fourth-order valence-electron chi connectivity index (χ4n) is 3.60. The van der Waals surface area contributed by atoms with Gasteiger partial charge < -0.3 is 4.90 Å². The number of carbonyl (C=O) groups excluding carboxylic acids is 1. The maximum atomic E-state index is 12.8. The SMILES string of the molecule is CS(=O)(=O)c1ccc2c(c1)CCCN2C(=O)C1CCCCC1. The van der Waals surface area contributed by atoms with E-state index in [4.69, 9.17) is 0 Å². The average molecular weight is 321 g/mol. The zero-order chi connectivity index (χ0) is 15.7. The second-order valence-electron chi connectivity index (χ2n) is 6.49. The summed E-state index contributed by atoms with van der Waals surface area (Å²) in [5, 5.41) is 0. The van der Waals surface area contributed by atoms with Crippen LogP contribution in [0.5, 0.6) is 0 Å². The van der Waals surface area contributed by atoms with E-state index in [1.54, 1.807) is 12.1 Å². The molecule has 1 aliphatic heterocycles. The highest BCUT2D eigenvalue weighted by Gasteiger charge is 2.30. The van der Waals surface area contributed by atoms with E-state index in [-0.39, 0.29) is 11.8 Å². The maximum absolute atomic E-state index is 12.8. The minimum atomic E-state index is -3.20. The van der Waals surface area contributed by atoms with Crippen LogP contribution in [0.3, 0.4) is 0 Å². The lowest BCUT2D eigenvalue weighted by molar-refractivity contribution is -0.123. The molecule has 1 saturated carbocycles. The lowest BCUT2D eigenvalue weighted by Gasteiger charge is -2.33. The lowest BCUT2D eigenvalue weighted by Crippen LogP contribution is -2.40. The van der Waals surface area contributed by atoms with Gasteiger partial charge in [-0.05, 0) is 49.4 Å². The quantitative estimate of drug-likeness (QED) is 0.841. The smallest absolute Gasteiger partial charge is 0.230 e. The number of benzene rings is 1. The van der Waals surface area contributed by atoms with Gasteiger partial charge >= 0.3 is 0 Å². The second-order valence-corrected chi connectivity index (χ2v) is 8.51. The van der Waals surface area contributed by atoms with Crippen LogP contribution in [0.25, 0.3) is 0 Å². The Morgan fingerprint density at radius 2 is 1.86 bits per heavy atom. The Bertz CT molecular complexity index is 675. The molecule has 22 heavy (non-hydrogen) atoms. The van der Waals surface area contributed by atoms with Crippen LogP contribution in [0.15, 0.2) is 23.1 Å². The van der Waals surface area contributed by atoms with E-state index < -0.39 is 9.84 Å². The van der Waals surface area contributed by atoms with E-state index in [1.165, 1.54) is 12.7 Å². The van der Waals surface area contributed by atoms with Crippen LogP contribution in [-0.4, -0.2) is 27.1 Å². The van der Waals surface area contributed by atoms with Gasteiger partial charge in [-0.3, -0.25) is 4.79 Å². The summed E-state index contributed by atoms with van der Waals surface area (Å²) in [6, 6.07) is 5.18. The molecule has 0 spiro atoms. The molecule has 0 saturated heterocycles. The van der Waals surface area contributed by atoms with E-state index >= 15 is 0 Å². The molecule has 120 valence electrons. The number of carbonyl (C=O) groups is 1. The predicted octanol–water partition coefficient (Wildman–Crippen LogP) is 2.95. The summed E-state index contributed by atoms with van der Waals surface area (Å²) in [5.41, 5.74) is 1.90. The van der Waals surface area contributed by atoms with Crippen molar-refractivity contribution < 1.29 is 13.2 Å². The van der Waals surface area contributed by atoms with Crippen molar-refractivity contribution in [3.8, 4) is 0 Å². The van der Waals surface area contributed by atoms with E-state index in [9.17, 15) is 13.2 Å². The Morgan fingerprint density at radius 3 is 2.55 bits per heavy atom. The molecule has 1 aromatic rings. The highest BCUT2D eigenvalue weighted by molar-refractivity contribution is 7.90. The van der Waals surface area contributed by atoms with E-state index in [2.05, 4.69) is 0 Å². The Balaban J connectivity index is 1.89. The van der Waals surface area contributed by atoms with Gasteiger partial charge in [0.2, 0.25) is 5.91 Å². The van der Waals surface area contributed by atoms with E-state index in [0.29, 0.717) is 4.90 Å². The van der Waals surface area contributed by atoms with Crippen molar-refractivity contribution in [2.24, 2.45) is 5.92 Å². The molecule has 1 amide bonds. The van der Waals surface area contributed by atoms with Crippen LogP contribution < -0.4 is 4.90 Å². The van der Waals surface area contributed by atoms with Gasteiger partial charge in [0.05, 0.1) is 4.90 Å². The van der Waals surface area contributed by atoms with Crippen molar-refractivity contribution in [1.82, 2.24) is 0 Å². The first-order valence-corrected chi connectivity index (χ1v) is 10.0. The third kappa shape index (κ3) is 3.05. The molecule has 5 heteroatoms. The fourth-order valence-corrected chi connectivity index (χ4v) is 4.27. The summed E-state index contributed by atoms with van der Waals surface area (Å²) in [6.45, 7) is 0.751. The maximum Gasteiger partial charge on any atom is 0.230 e. The Hall–Kier alpha value is -1.36. The highest BCUT2D eigenvalue weighted by atomic mass is 32.2. The Morgan fingerprint density at radius 1 is 1.14 bits per heavy atom. The first kappa shape index (κ1) is 15.5. The first-order chi connectivity index (χ1) is 10.5. The largest absolute Gasteiger partial charge is 0.312 e. The number of aryl methyl sites for hydroxylation is 1. The molecule has 1 aliphatic carbocycles. The summed E-state index contributed by atoms with van der Waals surface area (Å²) in [7, 11) is -3.20. The Labute approximate surface area is 132 Å². The van der Waals surface area contributed by atoms with Gasteiger partial charge in [0.25, 0.3) is 0 Å². The minimum Gasteiger partial charge on any atom is -0.312 e. The van der Waals surface area contributed by atoms with Gasteiger partial charge in [0.15, 0.2) is 9.84 Å². The highest BCUT2D eigenvalue weighted by Crippen LogP contribution is 2.33. The number of anilines is 1. The molecule has 1 heterocycles. The zero-order valence-corrected chi connectivity index (χ0v) is 13.9. The Kier molecular flexibility index (Phi) is 4.26. The molecule has 0 unspecified atom stereocenters. The van der Waals surface area contributed by atoms with Crippen LogP contribution in [0.1, 0.15) is 44.1 Å². The summed E-state index contributed by atoms with van der Waals surface area (Å²) in [6.07, 6.45) is 8.47. The number of nitrogens with zero attached hydrogens (tertiary/aromatic N) is 1. The van der Waals surface area contributed by atoms with Crippen LogP contribution in [0.4, 0.5) is 5.69 Å². The third-order valence-corrected chi connectivity index (χ3v) is 5.93. The van der Waals surface area contributed by atoms with Crippen LogP contribution in [-0.2, 0) is 21.1 Å². The molecular formula is C17H23NO3S. The molecule has 1 aromatic carbocycles. The van der Waals surface area contributed by atoms with Crippen LogP contribution in [0, 0.1) is 5.92 Å². The molecule has 0 aromatic heterocycles. The van der Waals surface area contributed by atoms with Gasteiger partial charge in [0, 0.05) is 24.4 Å². The summed E-state index contributed by atoms with van der Waals surface area (Å²) < 4.78 is 23.4. The zero-order valence-electron chi connectivity index (χ0n) is 13.0. The predicted molar refractivity (Wildman–Crippen MR) is 86.8 cm³/mol. The molecular weight excluding hydrogens is 298 g/mol. The summed E-state index contributed by atoms with van der Waals surface area (Å²) >= 11 is 0. The molecule has 1 fully saturated rings. The normalized spacial score (nSPS) is 19.8. The molecule has 0 N–H and O–H groups in total. The van der Waals surface area contributed by atoms with Crippen molar-refractivity contribution in [3.05, 3.63) is 23.8 Å². The van der Waals surface area contributed by atoms with Crippen LogP contribution in [0.2, 0.25) is 0 Å². The fraction of sp³-hybridized carbons (Fsp3) is 0.588. The van der Waals surface area contributed by atoms with Crippen molar-refractivity contribution in [2.45, 2.75) is 49.8 Å². The van der Waals surface area contributed by atoms with Gasteiger partial charge in [-0.2, -0.15) is 0 Å². The van der Waals surface area contributed by atoms with Crippen molar-refractivity contribution in [2.75, 3.05) is 17.7 Å².